The lowest BCUT2D eigenvalue weighted by Gasteiger charge is -2.11. The van der Waals surface area contributed by atoms with Gasteiger partial charge in [-0.05, 0) is 55.8 Å². The average Bonchev–Trinajstić information content (AvgIpc) is 2.98. The Hall–Kier alpha value is -2.60. The van der Waals surface area contributed by atoms with Gasteiger partial charge in [-0.3, -0.25) is 0 Å². The number of carbonyl (C=O) groups excluding carboxylic acids is 1. The van der Waals surface area contributed by atoms with Crippen molar-refractivity contribution in [1.82, 2.24) is 0 Å². The maximum absolute atomic E-state index is 12.2. The average molecular weight is 416 g/mol. The van der Waals surface area contributed by atoms with Gasteiger partial charge in [-0.2, -0.15) is 0 Å². The van der Waals surface area contributed by atoms with Crippen LogP contribution in [0.5, 0.6) is 11.5 Å². The molecule has 6 heteroatoms. The second kappa shape index (κ2) is 8.19. The fraction of sp³-hybridized carbons (Fsp3) is 0.200. The number of cyclic esters (lactones) is 1. The Morgan fingerprint density at radius 3 is 2.58 bits per heavy atom. The number of esters is 1. The number of nitrogens with zero attached hydrogens (tertiary/aromatic N) is 1. The van der Waals surface area contributed by atoms with Crippen LogP contribution >= 0.6 is 15.9 Å². The minimum Gasteiger partial charge on any atom is -0.490 e. The molecule has 0 radical (unpaired) electrons. The minimum atomic E-state index is -0.480. The van der Waals surface area contributed by atoms with Gasteiger partial charge in [0.05, 0.1) is 13.2 Å². The first-order valence-electron chi connectivity index (χ1n) is 8.29. The van der Waals surface area contributed by atoms with Gasteiger partial charge in [0.25, 0.3) is 0 Å². The lowest BCUT2D eigenvalue weighted by atomic mass is 10.1. The van der Waals surface area contributed by atoms with E-state index in [1.807, 2.05) is 56.3 Å². The van der Waals surface area contributed by atoms with Crippen molar-refractivity contribution in [1.29, 1.82) is 0 Å². The third kappa shape index (κ3) is 4.14. The van der Waals surface area contributed by atoms with Gasteiger partial charge in [0, 0.05) is 10.0 Å². The highest BCUT2D eigenvalue weighted by atomic mass is 79.9. The molecule has 0 bridgehead atoms. The SMILES string of the molecule is CCOc1ccc(C=C2N=C(c3cccc(Br)c3)OC2=O)cc1OCC. The van der Waals surface area contributed by atoms with Gasteiger partial charge < -0.3 is 14.2 Å². The fourth-order valence-electron chi connectivity index (χ4n) is 2.47. The van der Waals surface area contributed by atoms with E-state index in [0.717, 1.165) is 15.6 Å². The van der Waals surface area contributed by atoms with Gasteiger partial charge in [-0.1, -0.05) is 28.1 Å². The zero-order valence-corrected chi connectivity index (χ0v) is 16.1. The van der Waals surface area contributed by atoms with Crippen LogP contribution in [0.4, 0.5) is 0 Å². The number of ether oxygens (including phenoxy) is 3. The van der Waals surface area contributed by atoms with E-state index >= 15 is 0 Å². The molecule has 1 aliphatic heterocycles. The summed E-state index contributed by atoms with van der Waals surface area (Å²) in [5.41, 5.74) is 1.76. The molecule has 0 saturated carbocycles. The summed E-state index contributed by atoms with van der Waals surface area (Å²) in [6, 6.07) is 12.9. The molecular formula is C20H18BrNO4. The van der Waals surface area contributed by atoms with Crippen LogP contribution in [-0.2, 0) is 9.53 Å². The summed E-state index contributed by atoms with van der Waals surface area (Å²) in [6.45, 7) is 4.89. The zero-order valence-electron chi connectivity index (χ0n) is 14.5. The number of carbonyl (C=O) groups is 1. The Kier molecular flexibility index (Phi) is 5.73. The van der Waals surface area contributed by atoms with Crippen molar-refractivity contribution < 1.29 is 19.0 Å². The van der Waals surface area contributed by atoms with E-state index in [2.05, 4.69) is 20.9 Å². The number of benzene rings is 2. The molecule has 2 aromatic carbocycles. The second-order valence-electron chi connectivity index (χ2n) is 5.42. The van der Waals surface area contributed by atoms with E-state index in [0.29, 0.717) is 30.6 Å². The summed E-state index contributed by atoms with van der Waals surface area (Å²) in [7, 11) is 0. The minimum absolute atomic E-state index is 0.242. The third-order valence-corrected chi connectivity index (χ3v) is 4.06. The maximum atomic E-state index is 12.2. The summed E-state index contributed by atoms with van der Waals surface area (Å²) >= 11 is 3.40. The number of rotatable bonds is 6. The van der Waals surface area contributed by atoms with Crippen LogP contribution in [0, 0.1) is 0 Å². The Labute approximate surface area is 160 Å². The van der Waals surface area contributed by atoms with Gasteiger partial charge >= 0.3 is 5.97 Å². The van der Waals surface area contributed by atoms with Crippen LogP contribution in [0.25, 0.3) is 6.08 Å². The van der Waals surface area contributed by atoms with E-state index in [9.17, 15) is 4.79 Å². The number of aliphatic imine (C=N–C) groups is 1. The summed E-state index contributed by atoms with van der Waals surface area (Å²) < 4.78 is 17.3. The monoisotopic (exact) mass is 415 g/mol. The molecular weight excluding hydrogens is 398 g/mol. The molecule has 3 rings (SSSR count). The van der Waals surface area contributed by atoms with Gasteiger partial charge in [0.1, 0.15) is 0 Å². The Morgan fingerprint density at radius 1 is 1.08 bits per heavy atom. The van der Waals surface area contributed by atoms with E-state index in [-0.39, 0.29) is 5.70 Å². The fourth-order valence-corrected chi connectivity index (χ4v) is 2.87. The lowest BCUT2D eigenvalue weighted by molar-refractivity contribution is -0.129. The summed E-state index contributed by atoms with van der Waals surface area (Å²) in [5.74, 6) is 1.11. The first kappa shape index (κ1) is 18.2. The van der Waals surface area contributed by atoms with Crippen LogP contribution in [0.2, 0.25) is 0 Å². The van der Waals surface area contributed by atoms with Crippen LogP contribution in [-0.4, -0.2) is 25.1 Å². The third-order valence-electron chi connectivity index (χ3n) is 3.56. The molecule has 0 N–H and O–H groups in total. The van der Waals surface area contributed by atoms with Gasteiger partial charge in [-0.25, -0.2) is 9.79 Å². The van der Waals surface area contributed by atoms with Crippen molar-refractivity contribution in [2.24, 2.45) is 4.99 Å². The first-order chi connectivity index (χ1) is 12.6. The van der Waals surface area contributed by atoms with Crippen molar-refractivity contribution >= 4 is 33.9 Å². The smallest absolute Gasteiger partial charge is 0.363 e. The standard InChI is InChI=1S/C20H18BrNO4/c1-3-24-17-9-8-13(11-18(17)25-4-2)10-16-20(23)26-19(22-16)14-6-5-7-15(21)12-14/h5-12H,3-4H2,1-2H3. The van der Waals surface area contributed by atoms with E-state index in [4.69, 9.17) is 14.2 Å². The highest BCUT2D eigenvalue weighted by Gasteiger charge is 2.24. The highest BCUT2D eigenvalue weighted by Crippen LogP contribution is 2.30. The molecule has 0 spiro atoms. The van der Waals surface area contributed by atoms with Crippen LogP contribution in [0.15, 0.2) is 57.6 Å². The van der Waals surface area contributed by atoms with Gasteiger partial charge in [0.15, 0.2) is 17.2 Å². The molecule has 1 heterocycles. The van der Waals surface area contributed by atoms with Crippen molar-refractivity contribution in [2.75, 3.05) is 13.2 Å². The second-order valence-corrected chi connectivity index (χ2v) is 6.33. The van der Waals surface area contributed by atoms with Crippen LogP contribution in [0.1, 0.15) is 25.0 Å². The predicted molar refractivity (Wildman–Crippen MR) is 104 cm³/mol. The van der Waals surface area contributed by atoms with Crippen LogP contribution in [0.3, 0.4) is 0 Å². The molecule has 26 heavy (non-hydrogen) atoms. The number of halogens is 1. The molecule has 2 aromatic rings. The molecule has 0 unspecified atom stereocenters. The first-order valence-corrected chi connectivity index (χ1v) is 9.08. The van der Waals surface area contributed by atoms with E-state index in [1.54, 1.807) is 6.08 Å². The Morgan fingerprint density at radius 2 is 1.85 bits per heavy atom. The Bertz CT molecular complexity index is 889. The van der Waals surface area contributed by atoms with E-state index in [1.165, 1.54) is 0 Å². The molecule has 0 atom stereocenters. The molecule has 0 fully saturated rings. The largest absolute Gasteiger partial charge is 0.490 e. The van der Waals surface area contributed by atoms with Crippen molar-refractivity contribution in [2.45, 2.75) is 13.8 Å². The van der Waals surface area contributed by atoms with Crippen LogP contribution < -0.4 is 9.47 Å². The van der Waals surface area contributed by atoms with E-state index < -0.39 is 5.97 Å². The molecule has 1 aliphatic rings. The molecule has 5 nitrogen and oxygen atoms in total. The zero-order chi connectivity index (χ0) is 18.5. The summed E-state index contributed by atoms with van der Waals surface area (Å²) in [6.07, 6.45) is 1.67. The summed E-state index contributed by atoms with van der Waals surface area (Å²) in [5, 5.41) is 0. The van der Waals surface area contributed by atoms with Crippen molar-refractivity contribution in [3.63, 3.8) is 0 Å². The topological polar surface area (TPSA) is 57.1 Å². The Balaban J connectivity index is 1.91. The normalized spacial score (nSPS) is 15.0. The lowest BCUT2D eigenvalue weighted by Crippen LogP contribution is -2.05. The van der Waals surface area contributed by atoms with Crippen molar-refractivity contribution in [3.05, 3.63) is 63.8 Å². The van der Waals surface area contributed by atoms with Crippen molar-refractivity contribution in [3.8, 4) is 11.5 Å². The summed E-state index contributed by atoms with van der Waals surface area (Å²) in [4.78, 5) is 16.5. The highest BCUT2D eigenvalue weighted by molar-refractivity contribution is 9.10. The number of hydrogen-bond donors (Lipinski definition) is 0. The molecule has 134 valence electrons. The van der Waals surface area contributed by atoms with Gasteiger partial charge in [0.2, 0.25) is 5.90 Å². The molecule has 0 saturated heterocycles. The molecule has 0 aromatic heterocycles. The molecule has 0 aliphatic carbocycles. The predicted octanol–water partition coefficient (Wildman–Crippen LogP) is 4.59. The molecule has 0 amide bonds. The quantitative estimate of drug-likeness (QED) is 0.511. The van der Waals surface area contributed by atoms with Gasteiger partial charge in [-0.15, -0.1) is 0 Å². The maximum Gasteiger partial charge on any atom is 0.363 e. The number of hydrogen-bond acceptors (Lipinski definition) is 5.